The summed E-state index contributed by atoms with van der Waals surface area (Å²) >= 11 is 0. The summed E-state index contributed by atoms with van der Waals surface area (Å²) in [5.41, 5.74) is 1.28. The number of hydrogen-bond donors (Lipinski definition) is 1. The van der Waals surface area contributed by atoms with Gasteiger partial charge in [0.1, 0.15) is 17.4 Å². The first kappa shape index (κ1) is 13.7. The van der Waals surface area contributed by atoms with E-state index in [0.29, 0.717) is 11.4 Å². The van der Waals surface area contributed by atoms with Crippen LogP contribution in [0.1, 0.15) is 10.5 Å². The van der Waals surface area contributed by atoms with E-state index in [4.69, 9.17) is 10.00 Å². The fourth-order valence-corrected chi connectivity index (χ4v) is 1.90. The number of aromatic nitrogens is 1. The minimum Gasteiger partial charge on any atom is -0.497 e. The molecule has 1 aromatic carbocycles. The number of allylic oxidation sites excluding steroid dienone is 1. The maximum atomic E-state index is 12.3. The molecule has 2 aromatic rings. The van der Waals surface area contributed by atoms with Crippen LogP contribution in [0.15, 0.2) is 36.0 Å². The minimum absolute atomic E-state index is 0.0912. The highest BCUT2D eigenvalue weighted by Crippen LogP contribution is 2.22. The lowest BCUT2D eigenvalue weighted by Crippen LogP contribution is -2.09. The van der Waals surface area contributed by atoms with Crippen molar-refractivity contribution in [2.24, 2.45) is 0 Å². The van der Waals surface area contributed by atoms with Crippen molar-refractivity contribution in [1.29, 1.82) is 5.26 Å². The SMILES string of the molecule is COc1ccc2cc(C(=O)C(C#N)=CN(C)C)[nH]c2c1. The van der Waals surface area contributed by atoms with Gasteiger partial charge in [0.05, 0.1) is 12.8 Å². The molecule has 0 amide bonds. The molecule has 0 radical (unpaired) electrons. The van der Waals surface area contributed by atoms with Crippen molar-refractivity contribution in [2.45, 2.75) is 0 Å². The summed E-state index contributed by atoms with van der Waals surface area (Å²) in [7, 11) is 5.12. The molecule has 1 aromatic heterocycles. The van der Waals surface area contributed by atoms with E-state index in [0.717, 1.165) is 10.9 Å². The van der Waals surface area contributed by atoms with Gasteiger partial charge in [0.25, 0.3) is 0 Å². The summed E-state index contributed by atoms with van der Waals surface area (Å²) in [5.74, 6) is 0.388. The minimum atomic E-state index is -0.323. The summed E-state index contributed by atoms with van der Waals surface area (Å²) in [4.78, 5) is 16.9. The van der Waals surface area contributed by atoms with Crippen LogP contribution in [0.3, 0.4) is 0 Å². The molecular weight excluding hydrogens is 254 g/mol. The molecule has 0 unspecified atom stereocenters. The quantitative estimate of drug-likeness (QED) is 0.525. The number of nitrogens with zero attached hydrogens (tertiary/aromatic N) is 2. The number of rotatable bonds is 4. The van der Waals surface area contributed by atoms with Gasteiger partial charge in [0, 0.05) is 37.3 Å². The Kier molecular flexibility index (Phi) is 3.76. The third kappa shape index (κ3) is 2.64. The summed E-state index contributed by atoms with van der Waals surface area (Å²) in [6, 6.07) is 9.16. The number of fused-ring (bicyclic) bond motifs is 1. The van der Waals surface area contributed by atoms with Crippen molar-refractivity contribution in [3.8, 4) is 11.8 Å². The fourth-order valence-electron chi connectivity index (χ4n) is 1.90. The molecule has 0 aliphatic rings. The number of nitrogens with one attached hydrogen (secondary N) is 1. The van der Waals surface area contributed by atoms with E-state index in [1.54, 1.807) is 32.2 Å². The van der Waals surface area contributed by atoms with Crippen LogP contribution >= 0.6 is 0 Å². The Morgan fingerprint density at radius 2 is 2.15 bits per heavy atom. The molecule has 0 spiro atoms. The maximum Gasteiger partial charge on any atom is 0.221 e. The van der Waals surface area contributed by atoms with Crippen LogP contribution in [0, 0.1) is 11.3 Å². The number of methoxy groups -OCH3 is 1. The molecular formula is C15H15N3O2. The van der Waals surface area contributed by atoms with Gasteiger partial charge >= 0.3 is 0 Å². The molecule has 20 heavy (non-hydrogen) atoms. The molecule has 0 aliphatic carbocycles. The number of ether oxygens (including phenoxy) is 1. The first-order valence-corrected chi connectivity index (χ1v) is 6.05. The number of nitriles is 1. The van der Waals surface area contributed by atoms with Gasteiger partial charge in [-0.25, -0.2) is 0 Å². The first-order chi connectivity index (χ1) is 9.55. The number of ketones is 1. The monoisotopic (exact) mass is 269 g/mol. The molecule has 2 rings (SSSR count). The largest absolute Gasteiger partial charge is 0.497 e. The zero-order chi connectivity index (χ0) is 14.7. The number of H-pyrrole nitrogens is 1. The Balaban J connectivity index is 2.43. The maximum absolute atomic E-state index is 12.3. The van der Waals surface area contributed by atoms with E-state index >= 15 is 0 Å². The Hall–Kier alpha value is -2.74. The van der Waals surface area contributed by atoms with Gasteiger partial charge in [-0.15, -0.1) is 0 Å². The smallest absolute Gasteiger partial charge is 0.221 e. The number of hydrogen-bond acceptors (Lipinski definition) is 4. The van der Waals surface area contributed by atoms with E-state index in [2.05, 4.69) is 4.98 Å². The van der Waals surface area contributed by atoms with Crippen molar-refractivity contribution < 1.29 is 9.53 Å². The van der Waals surface area contributed by atoms with Crippen molar-refractivity contribution >= 4 is 16.7 Å². The summed E-state index contributed by atoms with van der Waals surface area (Å²) in [6.07, 6.45) is 1.51. The summed E-state index contributed by atoms with van der Waals surface area (Å²) in [6.45, 7) is 0. The molecule has 0 saturated heterocycles. The number of benzene rings is 1. The van der Waals surface area contributed by atoms with E-state index in [-0.39, 0.29) is 11.4 Å². The van der Waals surface area contributed by atoms with Crippen molar-refractivity contribution in [3.05, 3.63) is 41.7 Å². The molecule has 0 aliphatic heterocycles. The highest BCUT2D eigenvalue weighted by Gasteiger charge is 2.15. The lowest BCUT2D eigenvalue weighted by Gasteiger charge is -2.04. The molecule has 0 fully saturated rings. The Labute approximate surface area is 117 Å². The van der Waals surface area contributed by atoms with Gasteiger partial charge < -0.3 is 14.6 Å². The highest BCUT2D eigenvalue weighted by molar-refractivity contribution is 6.12. The van der Waals surface area contributed by atoms with Gasteiger partial charge in [0.2, 0.25) is 5.78 Å². The summed E-state index contributed by atoms with van der Waals surface area (Å²) < 4.78 is 5.14. The molecule has 0 atom stereocenters. The topological polar surface area (TPSA) is 69.1 Å². The van der Waals surface area contributed by atoms with Gasteiger partial charge in [-0.05, 0) is 18.2 Å². The van der Waals surface area contributed by atoms with Crippen LogP contribution in [0.5, 0.6) is 5.75 Å². The Bertz CT molecular complexity index is 720. The van der Waals surface area contributed by atoms with Crippen LogP contribution in [-0.4, -0.2) is 36.9 Å². The van der Waals surface area contributed by atoms with Gasteiger partial charge in [-0.3, -0.25) is 4.79 Å². The first-order valence-electron chi connectivity index (χ1n) is 6.05. The average molecular weight is 269 g/mol. The summed E-state index contributed by atoms with van der Waals surface area (Å²) in [5, 5.41) is 9.96. The zero-order valence-corrected chi connectivity index (χ0v) is 11.6. The molecule has 1 N–H and O–H groups in total. The fraction of sp³-hybridized carbons (Fsp3) is 0.200. The predicted molar refractivity (Wildman–Crippen MR) is 76.6 cm³/mol. The van der Waals surface area contributed by atoms with Crippen molar-refractivity contribution in [3.63, 3.8) is 0 Å². The lowest BCUT2D eigenvalue weighted by atomic mass is 10.1. The van der Waals surface area contributed by atoms with E-state index in [1.807, 2.05) is 24.3 Å². The number of Topliss-reactive ketones (excluding diaryl/α,β-unsaturated/α-hetero) is 1. The van der Waals surface area contributed by atoms with Crippen molar-refractivity contribution in [1.82, 2.24) is 9.88 Å². The van der Waals surface area contributed by atoms with E-state index in [9.17, 15) is 4.79 Å². The number of carbonyl (C=O) groups excluding carboxylic acids is 1. The average Bonchev–Trinajstić information content (AvgIpc) is 2.86. The number of aromatic amines is 1. The Morgan fingerprint density at radius 1 is 1.40 bits per heavy atom. The lowest BCUT2D eigenvalue weighted by molar-refractivity contribution is 0.103. The molecule has 5 heteroatoms. The molecule has 102 valence electrons. The van der Waals surface area contributed by atoms with Gasteiger partial charge in [-0.1, -0.05) is 0 Å². The second kappa shape index (κ2) is 5.49. The predicted octanol–water partition coefficient (Wildman–Crippen LogP) is 2.33. The van der Waals surface area contributed by atoms with E-state index < -0.39 is 0 Å². The molecule has 0 bridgehead atoms. The van der Waals surface area contributed by atoms with Gasteiger partial charge in [0.15, 0.2) is 0 Å². The third-order valence-electron chi connectivity index (χ3n) is 2.83. The third-order valence-corrected chi connectivity index (χ3v) is 2.83. The second-order valence-corrected chi connectivity index (χ2v) is 4.58. The molecule has 5 nitrogen and oxygen atoms in total. The van der Waals surface area contributed by atoms with Crippen LogP contribution < -0.4 is 4.74 Å². The highest BCUT2D eigenvalue weighted by atomic mass is 16.5. The second-order valence-electron chi connectivity index (χ2n) is 4.58. The van der Waals surface area contributed by atoms with Gasteiger partial charge in [-0.2, -0.15) is 5.26 Å². The molecule has 1 heterocycles. The van der Waals surface area contributed by atoms with Crippen molar-refractivity contribution in [2.75, 3.05) is 21.2 Å². The normalized spacial score (nSPS) is 11.2. The van der Waals surface area contributed by atoms with E-state index in [1.165, 1.54) is 6.20 Å². The van der Waals surface area contributed by atoms with Crippen LogP contribution in [0.25, 0.3) is 10.9 Å². The van der Waals surface area contributed by atoms with Crippen LogP contribution in [0.2, 0.25) is 0 Å². The number of carbonyl (C=O) groups is 1. The van der Waals surface area contributed by atoms with Crippen LogP contribution in [-0.2, 0) is 0 Å². The molecule has 0 saturated carbocycles. The zero-order valence-electron chi connectivity index (χ0n) is 11.6. The Morgan fingerprint density at radius 3 is 2.75 bits per heavy atom. The van der Waals surface area contributed by atoms with Crippen LogP contribution in [0.4, 0.5) is 0 Å². The standard InChI is InChI=1S/C15H15N3O2/c1-18(2)9-11(8-16)15(19)14-6-10-4-5-12(20-3)7-13(10)17-14/h4-7,9,17H,1-3H3.